The number of anilines is 3. The van der Waals surface area contributed by atoms with Crippen LogP contribution in [0.1, 0.15) is 32.3 Å². The SMILES string of the molecule is Cc1ccnc(Nc2cccc(-c3cnc(N4CCC(C(=O)NC(C)(C)CO)CC4)s3)n2)c1. The average molecular weight is 467 g/mol. The number of aryl methyl sites for hydroxylation is 1. The summed E-state index contributed by atoms with van der Waals surface area (Å²) >= 11 is 1.61. The number of aromatic nitrogens is 3. The van der Waals surface area contributed by atoms with Crippen molar-refractivity contribution in [2.45, 2.75) is 39.2 Å². The molecular weight excluding hydrogens is 436 g/mol. The van der Waals surface area contributed by atoms with E-state index in [2.05, 4.69) is 25.5 Å². The fourth-order valence-corrected chi connectivity index (χ4v) is 4.65. The number of thiazole rings is 1. The summed E-state index contributed by atoms with van der Waals surface area (Å²) in [4.78, 5) is 29.4. The maximum Gasteiger partial charge on any atom is 0.223 e. The van der Waals surface area contributed by atoms with Crippen LogP contribution >= 0.6 is 11.3 Å². The van der Waals surface area contributed by atoms with Crippen LogP contribution in [0.4, 0.5) is 16.8 Å². The fraction of sp³-hybridized carbons (Fsp3) is 0.417. The first-order valence-corrected chi connectivity index (χ1v) is 12.0. The Balaban J connectivity index is 1.38. The van der Waals surface area contributed by atoms with Gasteiger partial charge in [-0.15, -0.1) is 0 Å². The predicted molar refractivity (Wildman–Crippen MR) is 132 cm³/mol. The second-order valence-electron chi connectivity index (χ2n) is 9.05. The third-order valence-electron chi connectivity index (χ3n) is 5.66. The van der Waals surface area contributed by atoms with Gasteiger partial charge in [0.1, 0.15) is 11.6 Å². The molecule has 0 aromatic carbocycles. The van der Waals surface area contributed by atoms with Crippen molar-refractivity contribution >= 4 is 34.0 Å². The van der Waals surface area contributed by atoms with Gasteiger partial charge in [-0.2, -0.15) is 0 Å². The van der Waals surface area contributed by atoms with Crippen LogP contribution in [0.2, 0.25) is 0 Å². The van der Waals surface area contributed by atoms with Gasteiger partial charge in [0.2, 0.25) is 5.91 Å². The summed E-state index contributed by atoms with van der Waals surface area (Å²) < 4.78 is 0. The number of pyridine rings is 2. The fourth-order valence-electron chi connectivity index (χ4n) is 3.71. The number of rotatable bonds is 7. The zero-order valence-electron chi connectivity index (χ0n) is 19.2. The molecule has 1 aliphatic rings. The highest BCUT2D eigenvalue weighted by Crippen LogP contribution is 2.33. The van der Waals surface area contributed by atoms with Gasteiger partial charge in [-0.05, 0) is 63.4 Å². The van der Waals surface area contributed by atoms with Gasteiger partial charge in [0.25, 0.3) is 0 Å². The molecule has 0 radical (unpaired) electrons. The second-order valence-corrected chi connectivity index (χ2v) is 10.1. The summed E-state index contributed by atoms with van der Waals surface area (Å²) in [7, 11) is 0. The first-order chi connectivity index (χ1) is 15.8. The normalized spacial score (nSPS) is 14.8. The van der Waals surface area contributed by atoms with Crippen LogP contribution < -0.4 is 15.5 Å². The second kappa shape index (κ2) is 9.84. The Morgan fingerprint density at radius 2 is 2.00 bits per heavy atom. The minimum Gasteiger partial charge on any atom is -0.394 e. The Labute approximate surface area is 198 Å². The average Bonchev–Trinajstić information content (AvgIpc) is 3.30. The lowest BCUT2D eigenvalue weighted by atomic mass is 9.94. The summed E-state index contributed by atoms with van der Waals surface area (Å²) in [5, 5.41) is 16.5. The van der Waals surface area contributed by atoms with Crippen molar-refractivity contribution in [3.8, 4) is 10.6 Å². The molecule has 33 heavy (non-hydrogen) atoms. The molecule has 1 saturated heterocycles. The maximum absolute atomic E-state index is 12.5. The largest absolute Gasteiger partial charge is 0.394 e. The molecule has 9 heteroatoms. The smallest absolute Gasteiger partial charge is 0.223 e. The van der Waals surface area contributed by atoms with E-state index in [0.717, 1.165) is 58.8 Å². The van der Waals surface area contributed by atoms with E-state index >= 15 is 0 Å². The van der Waals surface area contributed by atoms with Crippen LogP contribution in [-0.4, -0.2) is 51.2 Å². The van der Waals surface area contributed by atoms with Crippen LogP contribution in [0.15, 0.2) is 42.7 Å². The molecule has 1 aliphatic heterocycles. The topological polar surface area (TPSA) is 103 Å². The van der Waals surface area contributed by atoms with Crippen LogP contribution in [0, 0.1) is 12.8 Å². The number of piperidine rings is 1. The van der Waals surface area contributed by atoms with Crippen molar-refractivity contribution in [3.63, 3.8) is 0 Å². The molecular formula is C24H30N6O2S. The van der Waals surface area contributed by atoms with Gasteiger partial charge in [-0.25, -0.2) is 15.0 Å². The molecule has 3 aromatic heterocycles. The van der Waals surface area contributed by atoms with E-state index in [-0.39, 0.29) is 18.4 Å². The molecule has 0 bridgehead atoms. The Morgan fingerprint density at radius 3 is 2.73 bits per heavy atom. The number of aliphatic hydroxyl groups excluding tert-OH is 1. The van der Waals surface area contributed by atoms with Gasteiger partial charge in [0.15, 0.2) is 5.13 Å². The van der Waals surface area contributed by atoms with Crippen molar-refractivity contribution in [2.75, 3.05) is 29.9 Å². The maximum atomic E-state index is 12.5. The molecule has 0 aliphatic carbocycles. The minimum absolute atomic E-state index is 0.0187. The Morgan fingerprint density at radius 1 is 1.21 bits per heavy atom. The number of hydrogen-bond acceptors (Lipinski definition) is 8. The lowest BCUT2D eigenvalue weighted by Crippen LogP contribution is -2.50. The highest BCUT2D eigenvalue weighted by atomic mass is 32.1. The summed E-state index contributed by atoms with van der Waals surface area (Å²) in [5.41, 5.74) is 1.40. The standard InChI is InChI=1S/C24H30N6O2S/c1-16-7-10-25-21(13-16)28-20-6-4-5-18(27-20)19-14-26-23(33-19)30-11-8-17(9-12-30)22(32)29-24(2,3)15-31/h4-7,10,13-14,17,31H,8-9,11-12,15H2,1-3H3,(H,29,32)(H,25,27,28). The molecule has 3 N–H and O–H groups in total. The van der Waals surface area contributed by atoms with Crippen molar-refractivity contribution < 1.29 is 9.90 Å². The van der Waals surface area contributed by atoms with Crippen LogP contribution in [0.25, 0.3) is 10.6 Å². The molecule has 4 heterocycles. The van der Waals surface area contributed by atoms with Gasteiger partial charge in [-0.3, -0.25) is 4.79 Å². The third kappa shape index (κ3) is 5.85. The van der Waals surface area contributed by atoms with E-state index in [9.17, 15) is 9.90 Å². The van der Waals surface area contributed by atoms with E-state index in [1.165, 1.54) is 0 Å². The van der Waals surface area contributed by atoms with E-state index in [1.807, 2.05) is 57.3 Å². The van der Waals surface area contributed by atoms with Gasteiger partial charge < -0.3 is 20.6 Å². The van der Waals surface area contributed by atoms with Gasteiger partial charge >= 0.3 is 0 Å². The molecule has 0 saturated carbocycles. The first kappa shape index (κ1) is 23.1. The minimum atomic E-state index is -0.593. The molecule has 1 fully saturated rings. The zero-order chi connectivity index (χ0) is 23.4. The third-order valence-corrected chi connectivity index (χ3v) is 6.74. The summed E-state index contributed by atoms with van der Waals surface area (Å²) in [6.45, 7) is 7.16. The monoisotopic (exact) mass is 466 g/mol. The van der Waals surface area contributed by atoms with Crippen molar-refractivity contribution in [2.24, 2.45) is 5.92 Å². The molecule has 0 atom stereocenters. The van der Waals surface area contributed by atoms with Crippen molar-refractivity contribution in [3.05, 3.63) is 48.3 Å². The first-order valence-electron chi connectivity index (χ1n) is 11.1. The van der Waals surface area contributed by atoms with Crippen LogP contribution in [-0.2, 0) is 4.79 Å². The van der Waals surface area contributed by atoms with Crippen molar-refractivity contribution in [1.82, 2.24) is 20.3 Å². The molecule has 174 valence electrons. The number of nitrogens with zero attached hydrogens (tertiary/aromatic N) is 4. The lowest BCUT2D eigenvalue weighted by molar-refractivity contribution is -0.127. The number of aliphatic hydroxyl groups is 1. The van der Waals surface area contributed by atoms with Crippen LogP contribution in [0.3, 0.4) is 0 Å². The van der Waals surface area contributed by atoms with Crippen LogP contribution in [0.5, 0.6) is 0 Å². The van der Waals surface area contributed by atoms with Gasteiger partial charge in [0.05, 0.1) is 22.7 Å². The number of amides is 1. The van der Waals surface area contributed by atoms with Gasteiger partial charge in [0, 0.05) is 31.4 Å². The summed E-state index contributed by atoms with van der Waals surface area (Å²) in [6.07, 6.45) is 5.17. The Kier molecular flexibility index (Phi) is 6.90. The van der Waals surface area contributed by atoms with Crippen molar-refractivity contribution in [1.29, 1.82) is 0 Å². The Hall–Kier alpha value is -3.04. The highest BCUT2D eigenvalue weighted by molar-refractivity contribution is 7.18. The molecule has 1 amide bonds. The highest BCUT2D eigenvalue weighted by Gasteiger charge is 2.29. The van der Waals surface area contributed by atoms with E-state index in [1.54, 1.807) is 17.5 Å². The van der Waals surface area contributed by atoms with E-state index in [0.29, 0.717) is 0 Å². The zero-order valence-corrected chi connectivity index (χ0v) is 20.0. The molecule has 8 nitrogen and oxygen atoms in total. The number of carbonyl (C=O) groups excluding carboxylic acids is 1. The number of nitrogens with one attached hydrogen (secondary N) is 2. The number of hydrogen-bond donors (Lipinski definition) is 3. The quantitative estimate of drug-likeness (QED) is 0.487. The summed E-state index contributed by atoms with van der Waals surface area (Å²) in [6, 6.07) is 9.81. The molecule has 0 spiro atoms. The van der Waals surface area contributed by atoms with Gasteiger partial charge in [-0.1, -0.05) is 17.4 Å². The van der Waals surface area contributed by atoms with E-state index in [4.69, 9.17) is 4.98 Å². The summed E-state index contributed by atoms with van der Waals surface area (Å²) in [5.74, 6) is 1.48. The lowest BCUT2D eigenvalue weighted by Gasteiger charge is -2.33. The van der Waals surface area contributed by atoms with E-state index < -0.39 is 5.54 Å². The molecule has 3 aromatic rings. The molecule has 0 unspecified atom stereocenters. The predicted octanol–water partition coefficient (Wildman–Crippen LogP) is 3.76. The molecule has 4 rings (SSSR count). The number of carbonyl (C=O) groups is 1. The Bertz CT molecular complexity index is 1110.